The summed E-state index contributed by atoms with van der Waals surface area (Å²) in [7, 11) is 1.37. The van der Waals surface area contributed by atoms with Crippen molar-refractivity contribution in [2.45, 2.75) is 25.3 Å². The third-order valence-electron chi connectivity index (χ3n) is 2.15. The van der Waals surface area contributed by atoms with Crippen molar-refractivity contribution in [3.05, 3.63) is 30.1 Å². The lowest BCUT2D eigenvalue weighted by atomic mass is 10.1. The van der Waals surface area contributed by atoms with Crippen molar-refractivity contribution < 1.29 is 9.53 Å². The highest BCUT2D eigenvalue weighted by Gasteiger charge is 2.09. The molecule has 0 aliphatic rings. The van der Waals surface area contributed by atoms with Gasteiger partial charge in [-0.1, -0.05) is 6.07 Å². The Labute approximate surface area is 89.5 Å². The summed E-state index contributed by atoms with van der Waals surface area (Å²) in [6.07, 6.45) is 3.55. The summed E-state index contributed by atoms with van der Waals surface area (Å²) >= 11 is 0. The van der Waals surface area contributed by atoms with E-state index in [1.807, 2.05) is 18.2 Å². The number of nitrogens with zero attached hydrogens (tertiary/aromatic N) is 1. The molecule has 0 radical (unpaired) electrons. The van der Waals surface area contributed by atoms with E-state index in [1.54, 1.807) is 6.20 Å². The molecule has 0 bridgehead atoms. The van der Waals surface area contributed by atoms with Gasteiger partial charge in [0, 0.05) is 17.9 Å². The summed E-state index contributed by atoms with van der Waals surface area (Å²) in [6, 6.07) is 5.61. The van der Waals surface area contributed by atoms with Crippen LogP contribution < -0.4 is 5.73 Å². The number of pyridine rings is 1. The van der Waals surface area contributed by atoms with Crippen LogP contribution in [0.15, 0.2) is 24.4 Å². The van der Waals surface area contributed by atoms with Gasteiger partial charge in [-0.05, 0) is 25.0 Å². The van der Waals surface area contributed by atoms with Gasteiger partial charge in [0.1, 0.15) is 0 Å². The summed E-state index contributed by atoms with van der Waals surface area (Å²) in [5.74, 6) is -0.261. The SMILES string of the molecule is COC(=O)C[C@H](N)CCc1ccccn1. The number of ether oxygens (including phenoxy) is 1. The highest BCUT2D eigenvalue weighted by atomic mass is 16.5. The van der Waals surface area contributed by atoms with Gasteiger partial charge in [-0.2, -0.15) is 0 Å². The monoisotopic (exact) mass is 208 g/mol. The molecule has 1 rings (SSSR count). The second-order valence-electron chi connectivity index (χ2n) is 3.40. The summed E-state index contributed by atoms with van der Waals surface area (Å²) in [5, 5.41) is 0. The van der Waals surface area contributed by atoms with Crippen LogP contribution in [-0.4, -0.2) is 24.1 Å². The molecule has 0 fully saturated rings. The molecular formula is C11H16N2O2. The van der Waals surface area contributed by atoms with Crippen LogP contribution in [0.1, 0.15) is 18.5 Å². The van der Waals surface area contributed by atoms with Crippen molar-refractivity contribution in [3.8, 4) is 0 Å². The van der Waals surface area contributed by atoms with Gasteiger partial charge in [0.15, 0.2) is 0 Å². The van der Waals surface area contributed by atoms with Crippen molar-refractivity contribution in [2.24, 2.45) is 5.73 Å². The first-order chi connectivity index (χ1) is 7.22. The quantitative estimate of drug-likeness (QED) is 0.730. The van der Waals surface area contributed by atoms with E-state index in [2.05, 4.69) is 9.72 Å². The normalized spacial score (nSPS) is 12.1. The van der Waals surface area contributed by atoms with Gasteiger partial charge in [-0.15, -0.1) is 0 Å². The molecule has 1 aromatic rings. The van der Waals surface area contributed by atoms with Crippen LogP contribution in [0.5, 0.6) is 0 Å². The minimum atomic E-state index is -0.261. The Hall–Kier alpha value is -1.42. The van der Waals surface area contributed by atoms with Gasteiger partial charge < -0.3 is 10.5 Å². The minimum absolute atomic E-state index is 0.153. The highest BCUT2D eigenvalue weighted by Crippen LogP contribution is 2.03. The van der Waals surface area contributed by atoms with Crippen molar-refractivity contribution >= 4 is 5.97 Å². The molecule has 0 saturated carbocycles. The van der Waals surface area contributed by atoms with Crippen LogP contribution in [0.4, 0.5) is 0 Å². The maximum atomic E-state index is 10.9. The number of esters is 1. The number of carbonyl (C=O) groups excluding carboxylic acids is 1. The van der Waals surface area contributed by atoms with E-state index >= 15 is 0 Å². The Morgan fingerprint density at radius 2 is 2.40 bits per heavy atom. The Morgan fingerprint density at radius 3 is 3.00 bits per heavy atom. The lowest BCUT2D eigenvalue weighted by Crippen LogP contribution is -2.25. The summed E-state index contributed by atoms with van der Waals surface area (Å²) in [6.45, 7) is 0. The van der Waals surface area contributed by atoms with Crippen LogP contribution in [-0.2, 0) is 16.0 Å². The van der Waals surface area contributed by atoms with Gasteiger partial charge in [0.2, 0.25) is 0 Å². The van der Waals surface area contributed by atoms with E-state index in [0.717, 1.165) is 18.5 Å². The van der Waals surface area contributed by atoms with Crippen LogP contribution in [0.2, 0.25) is 0 Å². The predicted octanol–water partition coefficient (Wildman–Crippen LogP) is 0.905. The molecule has 15 heavy (non-hydrogen) atoms. The first-order valence-electron chi connectivity index (χ1n) is 4.94. The van der Waals surface area contributed by atoms with Crippen molar-refractivity contribution in [1.82, 2.24) is 4.98 Å². The number of carbonyl (C=O) groups is 1. The van der Waals surface area contributed by atoms with E-state index < -0.39 is 0 Å². The molecule has 0 aliphatic carbocycles. The molecule has 0 aliphatic heterocycles. The van der Waals surface area contributed by atoms with Gasteiger partial charge >= 0.3 is 5.97 Å². The average molecular weight is 208 g/mol. The molecule has 0 amide bonds. The molecule has 0 aromatic carbocycles. The fourth-order valence-corrected chi connectivity index (χ4v) is 1.28. The van der Waals surface area contributed by atoms with Crippen LogP contribution in [0.3, 0.4) is 0 Å². The number of nitrogens with two attached hydrogens (primary N) is 1. The molecule has 4 nitrogen and oxygen atoms in total. The molecule has 1 atom stereocenters. The van der Waals surface area contributed by atoms with E-state index in [4.69, 9.17) is 5.73 Å². The van der Waals surface area contributed by atoms with E-state index in [0.29, 0.717) is 0 Å². The van der Waals surface area contributed by atoms with E-state index in [9.17, 15) is 4.79 Å². The molecule has 4 heteroatoms. The zero-order chi connectivity index (χ0) is 11.1. The third kappa shape index (κ3) is 4.56. The molecule has 0 unspecified atom stereocenters. The highest BCUT2D eigenvalue weighted by molar-refractivity contribution is 5.69. The summed E-state index contributed by atoms with van der Waals surface area (Å²) < 4.78 is 4.54. The minimum Gasteiger partial charge on any atom is -0.469 e. The molecule has 1 heterocycles. The Kier molecular flexibility index (Phi) is 4.77. The number of aryl methyl sites for hydroxylation is 1. The topological polar surface area (TPSA) is 65.2 Å². The standard InChI is InChI=1S/C11H16N2O2/c1-15-11(14)8-9(12)5-6-10-4-2-3-7-13-10/h2-4,7,9H,5-6,8,12H2,1H3/t9-/m1/s1. The first-order valence-corrected chi connectivity index (χ1v) is 4.94. The van der Waals surface area contributed by atoms with Crippen molar-refractivity contribution in [1.29, 1.82) is 0 Å². The molecule has 0 spiro atoms. The van der Waals surface area contributed by atoms with Gasteiger partial charge in [-0.25, -0.2) is 0 Å². The number of aromatic nitrogens is 1. The Bertz CT molecular complexity index is 301. The zero-order valence-corrected chi connectivity index (χ0v) is 8.85. The summed E-state index contributed by atoms with van der Waals surface area (Å²) in [5.41, 5.74) is 6.77. The molecule has 1 aromatic heterocycles. The zero-order valence-electron chi connectivity index (χ0n) is 8.85. The number of hydrogen-bond acceptors (Lipinski definition) is 4. The number of methoxy groups -OCH3 is 1. The van der Waals surface area contributed by atoms with Crippen LogP contribution >= 0.6 is 0 Å². The summed E-state index contributed by atoms with van der Waals surface area (Å²) in [4.78, 5) is 15.1. The molecule has 0 saturated heterocycles. The largest absolute Gasteiger partial charge is 0.469 e. The van der Waals surface area contributed by atoms with E-state index in [1.165, 1.54) is 7.11 Å². The fraction of sp³-hybridized carbons (Fsp3) is 0.455. The van der Waals surface area contributed by atoms with Crippen LogP contribution in [0.25, 0.3) is 0 Å². The van der Waals surface area contributed by atoms with Crippen LogP contribution in [0, 0.1) is 0 Å². The lowest BCUT2D eigenvalue weighted by molar-refractivity contribution is -0.141. The molecular weight excluding hydrogens is 192 g/mol. The number of rotatable bonds is 5. The third-order valence-corrected chi connectivity index (χ3v) is 2.15. The predicted molar refractivity (Wildman–Crippen MR) is 57.2 cm³/mol. The second kappa shape index (κ2) is 6.14. The van der Waals surface area contributed by atoms with E-state index in [-0.39, 0.29) is 18.4 Å². The molecule has 2 N–H and O–H groups in total. The fourth-order valence-electron chi connectivity index (χ4n) is 1.28. The van der Waals surface area contributed by atoms with Gasteiger partial charge in [0.25, 0.3) is 0 Å². The second-order valence-corrected chi connectivity index (χ2v) is 3.40. The first kappa shape index (κ1) is 11.7. The lowest BCUT2D eigenvalue weighted by Gasteiger charge is -2.09. The molecule has 82 valence electrons. The van der Waals surface area contributed by atoms with Crippen molar-refractivity contribution in [2.75, 3.05) is 7.11 Å². The van der Waals surface area contributed by atoms with Gasteiger partial charge in [0.05, 0.1) is 13.5 Å². The number of hydrogen-bond donors (Lipinski definition) is 1. The van der Waals surface area contributed by atoms with Crippen molar-refractivity contribution in [3.63, 3.8) is 0 Å². The maximum Gasteiger partial charge on any atom is 0.307 e. The maximum absolute atomic E-state index is 10.9. The average Bonchev–Trinajstić information content (AvgIpc) is 2.27. The Morgan fingerprint density at radius 1 is 1.60 bits per heavy atom. The van der Waals surface area contributed by atoms with Gasteiger partial charge in [-0.3, -0.25) is 9.78 Å². The smallest absolute Gasteiger partial charge is 0.307 e. The Balaban J connectivity index is 2.28.